The van der Waals surface area contributed by atoms with Gasteiger partial charge in [-0.3, -0.25) is 4.79 Å². The van der Waals surface area contributed by atoms with Crippen LogP contribution < -0.4 is 10.1 Å². The van der Waals surface area contributed by atoms with Crippen molar-refractivity contribution in [1.82, 2.24) is 0 Å². The van der Waals surface area contributed by atoms with Crippen LogP contribution in [0.15, 0.2) is 18.2 Å². The van der Waals surface area contributed by atoms with E-state index in [0.717, 1.165) is 37.3 Å². The Morgan fingerprint density at radius 3 is 2.60 bits per heavy atom. The first-order valence-electron chi connectivity index (χ1n) is 7.28. The van der Waals surface area contributed by atoms with E-state index in [-0.39, 0.29) is 11.8 Å². The maximum Gasteiger partial charge on any atom is 0.227 e. The standard InChI is InChI=1S/C16H22ClNO2/c1-3-11-4-6-12(7-5-11)16(19)18-13-8-9-15(20-2)14(17)10-13/h8-12H,3-7H2,1-2H3,(H,18,19). The SMILES string of the molecule is CCC1CCC(C(=O)Nc2ccc(OC)c(Cl)c2)CC1. The summed E-state index contributed by atoms with van der Waals surface area (Å²) in [6.07, 6.45) is 5.54. The van der Waals surface area contributed by atoms with Crippen LogP contribution in [0.1, 0.15) is 39.0 Å². The van der Waals surface area contributed by atoms with Crippen molar-refractivity contribution in [3.63, 3.8) is 0 Å². The number of carbonyl (C=O) groups excluding carboxylic acids is 1. The van der Waals surface area contributed by atoms with Crippen molar-refractivity contribution >= 4 is 23.2 Å². The van der Waals surface area contributed by atoms with Crippen molar-refractivity contribution in [1.29, 1.82) is 0 Å². The number of nitrogens with one attached hydrogen (secondary N) is 1. The van der Waals surface area contributed by atoms with E-state index < -0.39 is 0 Å². The molecule has 1 aromatic rings. The lowest BCUT2D eigenvalue weighted by molar-refractivity contribution is -0.121. The highest BCUT2D eigenvalue weighted by atomic mass is 35.5. The molecule has 1 aromatic carbocycles. The van der Waals surface area contributed by atoms with Crippen LogP contribution in [0.4, 0.5) is 5.69 Å². The smallest absolute Gasteiger partial charge is 0.227 e. The number of benzene rings is 1. The van der Waals surface area contributed by atoms with Gasteiger partial charge >= 0.3 is 0 Å². The lowest BCUT2D eigenvalue weighted by Gasteiger charge is -2.26. The topological polar surface area (TPSA) is 38.3 Å². The average molecular weight is 296 g/mol. The number of hydrogen-bond donors (Lipinski definition) is 1. The minimum Gasteiger partial charge on any atom is -0.495 e. The molecular formula is C16H22ClNO2. The van der Waals surface area contributed by atoms with Crippen molar-refractivity contribution in [3.8, 4) is 5.75 Å². The summed E-state index contributed by atoms with van der Waals surface area (Å²) in [5.74, 6) is 1.67. The molecule has 0 aliphatic heterocycles. The van der Waals surface area contributed by atoms with Crippen molar-refractivity contribution in [3.05, 3.63) is 23.2 Å². The third-order valence-corrected chi connectivity index (χ3v) is 4.51. The molecule has 20 heavy (non-hydrogen) atoms. The van der Waals surface area contributed by atoms with Crippen LogP contribution in [0.25, 0.3) is 0 Å². The largest absolute Gasteiger partial charge is 0.495 e. The molecule has 3 nitrogen and oxygen atoms in total. The Labute approximate surface area is 125 Å². The van der Waals surface area contributed by atoms with Gasteiger partial charge in [-0.1, -0.05) is 24.9 Å². The minimum atomic E-state index is 0.112. The lowest BCUT2D eigenvalue weighted by Crippen LogP contribution is -2.27. The minimum absolute atomic E-state index is 0.112. The van der Waals surface area contributed by atoms with E-state index >= 15 is 0 Å². The van der Waals surface area contributed by atoms with E-state index in [9.17, 15) is 4.79 Å². The molecule has 0 heterocycles. The highest BCUT2D eigenvalue weighted by Crippen LogP contribution is 2.32. The van der Waals surface area contributed by atoms with Crippen LogP contribution in [-0.2, 0) is 4.79 Å². The number of halogens is 1. The number of ether oxygens (including phenoxy) is 1. The molecule has 1 saturated carbocycles. The number of hydrogen-bond acceptors (Lipinski definition) is 2. The first-order valence-corrected chi connectivity index (χ1v) is 7.66. The first kappa shape index (κ1) is 15.2. The van der Waals surface area contributed by atoms with Gasteiger partial charge in [0.25, 0.3) is 0 Å². The first-order chi connectivity index (χ1) is 9.63. The molecule has 1 N–H and O–H groups in total. The van der Waals surface area contributed by atoms with Gasteiger partial charge < -0.3 is 10.1 Å². The zero-order valence-corrected chi connectivity index (χ0v) is 12.9. The zero-order valence-electron chi connectivity index (χ0n) is 12.1. The van der Waals surface area contributed by atoms with E-state index in [0.29, 0.717) is 10.8 Å². The monoisotopic (exact) mass is 295 g/mol. The van der Waals surface area contributed by atoms with Crippen molar-refractivity contribution in [2.24, 2.45) is 11.8 Å². The molecule has 1 fully saturated rings. The summed E-state index contributed by atoms with van der Waals surface area (Å²) < 4.78 is 5.10. The Morgan fingerprint density at radius 2 is 2.05 bits per heavy atom. The highest BCUT2D eigenvalue weighted by molar-refractivity contribution is 6.32. The molecule has 0 bridgehead atoms. The fourth-order valence-corrected chi connectivity index (χ4v) is 3.08. The van der Waals surface area contributed by atoms with Gasteiger partial charge in [0.15, 0.2) is 0 Å². The Kier molecular flexibility index (Phi) is 5.30. The van der Waals surface area contributed by atoms with E-state index in [4.69, 9.17) is 16.3 Å². The molecule has 0 aromatic heterocycles. The molecule has 0 spiro atoms. The summed E-state index contributed by atoms with van der Waals surface area (Å²) >= 11 is 6.06. The normalized spacial score (nSPS) is 22.4. The summed E-state index contributed by atoms with van der Waals surface area (Å²) in [6.45, 7) is 2.23. The van der Waals surface area contributed by atoms with Crippen LogP contribution in [0.3, 0.4) is 0 Å². The summed E-state index contributed by atoms with van der Waals surface area (Å²) in [5, 5.41) is 3.47. The van der Waals surface area contributed by atoms with Gasteiger partial charge in [0.05, 0.1) is 12.1 Å². The predicted octanol–water partition coefficient (Wildman–Crippen LogP) is 4.50. The Morgan fingerprint density at radius 1 is 1.35 bits per heavy atom. The summed E-state index contributed by atoms with van der Waals surface area (Å²) in [6, 6.07) is 5.32. The summed E-state index contributed by atoms with van der Waals surface area (Å²) in [4.78, 5) is 12.2. The van der Waals surface area contributed by atoms with Crippen LogP contribution in [0, 0.1) is 11.8 Å². The van der Waals surface area contributed by atoms with Gasteiger partial charge in [0.1, 0.15) is 5.75 Å². The molecule has 0 atom stereocenters. The third-order valence-electron chi connectivity index (χ3n) is 4.21. The summed E-state index contributed by atoms with van der Waals surface area (Å²) in [7, 11) is 1.58. The fraction of sp³-hybridized carbons (Fsp3) is 0.562. The van der Waals surface area contributed by atoms with Gasteiger partial charge in [-0.25, -0.2) is 0 Å². The van der Waals surface area contributed by atoms with E-state index in [1.54, 1.807) is 19.2 Å². The molecule has 4 heteroatoms. The fourth-order valence-electron chi connectivity index (χ4n) is 2.82. The summed E-state index contributed by atoms with van der Waals surface area (Å²) in [5.41, 5.74) is 0.735. The van der Waals surface area contributed by atoms with Gasteiger partial charge in [0, 0.05) is 11.6 Å². The zero-order chi connectivity index (χ0) is 14.5. The lowest BCUT2D eigenvalue weighted by atomic mass is 9.80. The molecule has 0 radical (unpaired) electrons. The number of anilines is 1. The number of amides is 1. The molecule has 1 aliphatic rings. The van der Waals surface area contributed by atoms with Crippen molar-refractivity contribution in [2.45, 2.75) is 39.0 Å². The van der Waals surface area contributed by atoms with Gasteiger partial charge in [0.2, 0.25) is 5.91 Å². The van der Waals surface area contributed by atoms with Crippen molar-refractivity contribution < 1.29 is 9.53 Å². The average Bonchev–Trinajstić information content (AvgIpc) is 2.47. The van der Waals surface area contributed by atoms with E-state index in [2.05, 4.69) is 12.2 Å². The van der Waals surface area contributed by atoms with Gasteiger partial charge in [-0.15, -0.1) is 0 Å². The molecule has 1 aliphatic carbocycles. The van der Waals surface area contributed by atoms with E-state index in [1.165, 1.54) is 6.42 Å². The van der Waals surface area contributed by atoms with E-state index in [1.807, 2.05) is 6.07 Å². The quantitative estimate of drug-likeness (QED) is 0.888. The van der Waals surface area contributed by atoms with Crippen LogP contribution in [0.5, 0.6) is 5.75 Å². The molecule has 0 unspecified atom stereocenters. The molecule has 1 amide bonds. The van der Waals surface area contributed by atoms with Crippen LogP contribution in [-0.4, -0.2) is 13.0 Å². The second kappa shape index (κ2) is 6.98. The molecule has 0 saturated heterocycles. The predicted molar refractivity (Wildman–Crippen MR) is 82.4 cm³/mol. The Balaban J connectivity index is 1.93. The Bertz CT molecular complexity index is 468. The van der Waals surface area contributed by atoms with Crippen LogP contribution in [0.2, 0.25) is 5.02 Å². The molecule has 110 valence electrons. The van der Waals surface area contributed by atoms with Crippen LogP contribution >= 0.6 is 11.6 Å². The second-order valence-corrected chi connectivity index (χ2v) is 5.87. The molecule has 2 rings (SSSR count). The maximum atomic E-state index is 12.2. The highest BCUT2D eigenvalue weighted by Gasteiger charge is 2.25. The number of rotatable bonds is 4. The Hall–Kier alpha value is -1.22. The van der Waals surface area contributed by atoms with Crippen molar-refractivity contribution in [2.75, 3.05) is 12.4 Å². The second-order valence-electron chi connectivity index (χ2n) is 5.46. The van der Waals surface area contributed by atoms with Gasteiger partial charge in [-0.05, 0) is 49.8 Å². The molecular weight excluding hydrogens is 274 g/mol. The number of methoxy groups -OCH3 is 1. The maximum absolute atomic E-state index is 12.2. The number of carbonyl (C=O) groups is 1. The van der Waals surface area contributed by atoms with Gasteiger partial charge in [-0.2, -0.15) is 0 Å². The third kappa shape index (κ3) is 3.66.